The maximum absolute atomic E-state index is 15.1. The molecule has 0 aliphatic rings. The van der Waals surface area contributed by atoms with E-state index in [9.17, 15) is 14.0 Å². The molecule has 21 heavy (non-hydrogen) atoms. The summed E-state index contributed by atoms with van der Waals surface area (Å²) in [6.45, 7) is -0.302. The Hall–Kier alpha value is -2.48. The standard InChI is InChI=1S/C13H13F2NO5/c14-9-5-7(1-2-10(9)17)13(15,3-4-16)8(12(20)21)6-11(18)19/h1-2,5-6,17H,3-4,16H2,(H,18,19)(H,20,21)/b8-6-/t13-/m1/s1. The largest absolute Gasteiger partial charge is 0.505 e. The van der Waals surface area contributed by atoms with Crippen LogP contribution in [0.3, 0.4) is 0 Å². The molecular weight excluding hydrogens is 288 g/mol. The van der Waals surface area contributed by atoms with Gasteiger partial charge in [0.05, 0.1) is 5.57 Å². The molecule has 0 heterocycles. The molecule has 0 bridgehead atoms. The molecule has 1 aromatic carbocycles. The van der Waals surface area contributed by atoms with Crippen molar-refractivity contribution in [2.75, 3.05) is 6.54 Å². The Bertz CT molecular complexity index is 602. The Morgan fingerprint density at radius 3 is 2.38 bits per heavy atom. The predicted octanol–water partition coefficient (Wildman–Crippen LogP) is 1.14. The lowest BCUT2D eigenvalue weighted by atomic mass is 9.84. The summed E-state index contributed by atoms with van der Waals surface area (Å²) in [5.74, 6) is -5.37. The van der Waals surface area contributed by atoms with Gasteiger partial charge in [-0.1, -0.05) is 6.07 Å². The molecular formula is C13H13F2NO5. The number of rotatable bonds is 6. The SMILES string of the molecule is NCC[C@](F)(/C(=C\C(=O)O)C(=O)O)c1ccc(O)c(F)c1. The van der Waals surface area contributed by atoms with E-state index in [2.05, 4.69) is 0 Å². The molecule has 0 aromatic heterocycles. The fourth-order valence-electron chi connectivity index (χ4n) is 1.86. The van der Waals surface area contributed by atoms with Gasteiger partial charge >= 0.3 is 11.9 Å². The second kappa shape index (κ2) is 6.31. The van der Waals surface area contributed by atoms with Crippen LogP contribution >= 0.6 is 0 Å². The number of hydrogen-bond donors (Lipinski definition) is 4. The lowest BCUT2D eigenvalue weighted by Crippen LogP contribution is -2.31. The van der Waals surface area contributed by atoms with E-state index in [1.807, 2.05) is 0 Å². The predicted molar refractivity (Wildman–Crippen MR) is 67.9 cm³/mol. The zero-order valence-corrected chi connectivity index (χ0v) is 10.7. The van der Waals surface area contributed by atoms with Crippen LogP contribution in [0.2, 0.25) is 0 Å². The zero-order valence-electron chi connectivity index (χ0n) is 10.7. The molecule has 114 valence electrons. The van der Waals surface area contributed by atoms with Crippen molar-refractivity contribution in [2.45, 2.75) is 12.1 Å². The summed E-state index contributed by atoms with van der Waals surface area (Å²) in [6, 6.07) is 2.41. The van der Waals surface area contributed by atoms with Crippen molar-refractivity contribution in [2.24, 2.45) is 5.73 Å². The van der Waals surface area contributed by atoms with Crippen LogP contribution in [0, 0.1) is 5.82 Å². The fraction of sp³-hybridized carbons (Fsp3) is 0.231. The quantitative estimate of drug-likeness (QED) is 0.585. The number of aromatic hydroxyl groups is 1. The summed E-state index contributed by atoms with van der Waals surface area (Å²) in [6.07, 6.45) is -0.370. The van der Waals surface area contributed by atoms with Crippen molar-refractivity contribution in [3.63, 3.8) is 0 Å². The van der Waals surface area contributed by atoms with Crippen molar-refractivity contribution in [1.29, 1.82) is 0 Å². The van der Waals surface area contributed by atoms with Gasteiger partial charge in [-0.15, -0.1) is 0 Å². The van der Waals surface area contributed by atoms with Crippen LogP contribution in [0.15, 0.2) is 29.8 Å². The van der Waals surface area contributed by atoms with E-state index in [4.69, 9.17) is 21.1 Å². The Labute approximate surface area is 118 Å². The molecule has 1 aromatic rings. The molecule has 5 N–H and O–H groups in total. The van der Waals surface area contributed by atoms with Crippen LogP contribution < -0.4 is 5.73 Å². The van der Waals surface area contributed by atoms with Crippen LogP contribution in [-0.4, -0.2) is 33.8 Å². The van der Waals surface area contributed by atoms with E-state index in [1.54, 1.807) is 0 Å². The molecule has 0 fully saturated rings. The van der Waals surface area contributed by atoms with Crippen LogP contribution in [0.25, 0.3) is 0 Å². The number of carboxylic acid groups (broad SMARTS) is 2. The molecule has 1 rings (SSSR count). The van der Waals surface area contributed by atoms with Crippen molar-refractivity contribution in [3.8, 4) is 5.75 Å². The van der Waals surface area contributed by atoms with Gasteiger partial charge in [-0.25, -0.2) is 18.4 Å². The number of carbonyl (C=O) groups is 2. The molecule has 0 unspecified atom stereocenters. The fourth-order valence-corrected chi connectivity index (χ4v) is 1.86. The van der Waals surface area contributed by atoms with Crippen LogP contribution in [0.1, 0.15) is 12.0 Å². The summed E-state index contributed by atoms with van der Waals surface area (Å²) in [5, 5.41) is 26.8. The van der Waals surface area contributed by atoms with E-state index in [0.717, 1.165) is 12.1 Å². The molecule has 0 aliphatic heterocycles. The second-order valence-electron chi connectivity index (χ2n) is 4.21. The number of phenols is 1. The van der Waals surface area contributed by atoms with Gasteiger partial charge in [-0.2, -0.15) is 0 Å². The van der Waals surface area contributed by atoms with Crippen molar-refractivity contribution >= 4 is 11.9 Å². The minimum absolute atomic E-state index is 0.197. The molecule has 8 heteroatoms. The molecule has 0 radical (unpaired) electrons. The highest BCUT2D eigenvalue weighted by Crippen LogP contribution is 2.38. The molecule has 0 saturated heterocycles. The Balaban J connectivity index is 3.51. The van der Waals surface area contributed by atoms with Gasteiger partial charge in [0.25, 0.3) is 0 Å². The van der Waals surface area contributed by atoms with E-state index < -0.39 is 46.7 Å². The summed E-state index contributed by atoms with van der Waals surface area (Å²) >= 11 is 0. The number of hydrogen-bond acceptors (Lipinski definition) is 4. The number of phenolic OH excluding ortho intramolecular Hbond substituents is 1. The molecule has 6 nitrogen and oxygen atoms in total. The molecule has 0 aliphatic carbocycles. The third kappa shape index (κ3) is 3.54. The number of nitrogens with two attached hydrogens (primary N) is 1. The first-order valence-corrected chi connectivity index (χ1v) is 5.78. The Morgan fingerprint density at radius 2 is 1.95 bits per heavy atom. The third-order valence-electron chi connectivity index (χ3n) is 2.82. The number of alkyl halides is 1. The van der Waals surface area contributed by atoms with Crippen LogP contribution in [0.4, 0.5) is 8.78 Å². The molecule has 0 amide bonds. The first-order valence-electron chi connectivity index (χ1n) is 5.78. The number of aliphatic carboxylic acids is 2. The minimum Gasteiger partial charge on any atom is -0.505 e. The van der Waals surface area contributed by atoms with E-state index in [1.165, 1.54) is 0 Å². The molecule has 0 saturated carbocycles. The van der Waals surface area contributed by atoms with Gasteiger partial charge in [0.15, 0.2) is 17.2 Å². The molecule has 0 spiro atoms. The second-order valence-corrected chi connectivity index (χ2v) is 4.21. The lowest BCUT2D eigenvalue weighted by Gasteiger charge is -2.26. The molecule has 1 atom stereocenters. The van der Waals surface area contributed by atoms with Crippen molar-refractivity contribution in [1.82, 2.24) is 0 Å². The third-order valence-corrected chi connectivity index (χ3v) is 2.82. The van der Waals surface area contributed by atoms with Gasteiger partial charge in [0.1, 0.15) is 0 Å². The highest BCUT2D eigenvalue weighted by atomic mass is 19.1. The first kappa shape index (κ1) is 16.6. The highest BCUT2D eigenvalue weighted by Gasteiger charge is 2.40. The number of halogens is 2. The van der Waals surface area contributed by atoms with Crippen LogP contribution in [0.5, 0.6) is 5.75 Å². The van der Waals surface area contributed by atoms with Crippen LogP contribution in [-0.2, 0) is 15.3 Å². The average molecular weight is 301 g/mol. The van der Waals surface area contributed by atoms with E-state index in [0.29, 0.717) is 6.07 Å². The Kier molecular flexibility index (Phi) is 4.98. The number of benzene rings is 1. The summed E-state index contributed by atoms with van der Waals surface area (Å²) in [5.41, 5.74) is 0.915. The van der Waals surface area contributed by atoms with E-state index in [-0.39, 0.29) is 12.6 Å². The van der Waals surface area contributed by atoms with Gasteiger partial charge in [-0.05, 0) is 24.2 Å². The number of carboxylic acids is 2. The van der Waals surface area contributed by atoms with Crippen molar-refractivity contribution < 1.29 is 33.7 Å². The zero-order chi connectivity index (χ0) is 16.2. The lowest BCUT2D eigenvalue weighted by molar-refractivity contribution is -0.136. The summed E-state index contributed by atoms with van der Waals surface area (Å²) < 4.78 is 28.4. The maximum Gasteiger partial charge on any atom is 0.335 e. The average Bonchev–Trinajstić information content (AvgIpc) is 2.38. The van der Waals surface area contributed by atoms with Crippen molar-refractivity contribution in [3.05, 3.63) is 41.2 Å². The Morgan fingerprint density at radius 1 is 1.33 bits per heavy atom. The van der Waals surface area contributed by atoms with Gasteiger partial charge < -0.3 is 21.1 Å². The van der Waals surface area contributed by atoms with E-state index >= 15 is 4.39 Å². The summed E-state index contributed by atoms with van der Waals surface area (Å²) in [4.78, 5) is 21.8. The summed E-state index contributed by atoms with van der Waals surface area (Å²) in [7, 11) is 0. The topological polar surface area (TPSA) is 121 Å². The monoisotopic (exact) mass is 301 g/mol. The highest BCUT2D eigenvalue weighted by molar-refractivity contribution is 5.96. The van der Waals surface area contributed by atoms with Gasteiger partial charge in [0, 0.05) is 12.5 Å². The normalized spacial score (nSPS) is 14.5. The van der Waals surface area contributed by atoms with Gasteiger partial charge in [0.2, 0.25) is 0 Å². The first-order chi connectivity index (χ1) is 9.72. The van der Waals surface area contributed by atoms with Gasteiger partial charge in [-0.3, -0.25) is 0 Å². The minimum atomic E-state index is -2.80. The smallest absolute Gasteiger partial charge is 0.335 e. The maximum atomic E-state index is 15.1.